The minimum Gasteiger partial charge on any atom is -0.490 e. The lowest BCUT2D eigenvalue weighted by molar-refractivity contribution is -0.116. The predicted octanol–water partition coefficient (Wildman–Crippen LogP) is 4.24. The molecule has 2 aromatic heterocycles. The van der Waals surface area contributed by atoms with Gasteiger partial charge in [-0.15, -0.1) is 11.3 Å². The molecule has 0 atom stereocenters. The highest BCUT2D eigenvalue weighted by Crippen LogP contribution is 2.25. The number of hydrogen-bond acceptors (Lipinski definition) is 5. The SMILES string of the molecule is Cc1cc(C(=O)CCC(=O)Nc2ccccc2OCCn2ccnc2)c(C)s1. The van der Waals surface area contributed by atoms with E-state index < -0.39 is 0 Å². The third kappa shape index (κ3) is 5.29. The van der Waals surface area contributed by atoms with Gasteiger partial charge in [-0.2, -0.15) is 0 Å². The van der Waals surface area contributed by atoms with Crippen LogP contribution in [-0.4, -0.2) is 27.8 Å². The maximum absolute atomic E-state index is 12.4. The number of rotatable bonds is 9. The second kappa shape index (κ2) is 9.32. The van der Waals surface area contributed by atoms with E-state index in [0.717, 1.165) is 15.3 Å². The maximum atomic E-state index is 12.4. The second-order valence-corrected chi connectivity index (χ2v) is 7.90. The van der Waals surface area contributed by atoms with Gasteiger partial charge in [0.05, 0.1) is 18.6 Å². The molecule has 28 heavy (non-hydrogen) atoms. The molecule has 3 aromatic rings. The first-order valence-corrected chi connectivity index (χ1v) is 9.92. The van der Waals surface area contributed by atoms with E-state index in [1.165, 1.54) is 0 Å². The number of nitrogens with one attached hydrogen (secondary N) is 1. The smallest absolute Gasteiger partial charge is 0.224 e. The number of Topliss-reactive ketones (excluding diaryl/α,β-unsaturated/α-hetero) is 1. The molecule has 0 aliphatic rings. The number of nitrogens with zero attached hydrogens (tertiary/aromatic N) is 2. The molecule has 3 rings (SSSR count). The summed E-state index contributed by atoms with van der Waals surface area (Å²) in [4.78, 5) is 30.8. The van der Waals surface area contributed by atoms with Crippen LogP contribution in [0.1, 0.15) is 33.0 Å². The highest BCUT2D eigenvalue weighted by molar-refractivity contribution is 7.12. The Labute approximate surface area is 168 Å². The summed E-state index contributed by atoms with van der Waals surface area (Å²) in [6.07, 6.45) is 5.63. The van der Waals surface area contributed by atoms with E-state index in [0.29, 0.717) is 24.6 Å². The molecular formula is C21H23N3O3S. The molecule has 0 aliphatic heterocycles. The van der Waals surface area contributed by atoms with Gasteiger partial charge in [-0.1, -0.05) is 12.1 Å². The van der Waals surface area contributed by atoms with Crippen LogP contribution in [0.4, 0.5) is 5.69 Å². The van der Waals surface area contributed by atoms with Gasteiger partial charge in [0.25, 0.3) is 0 Å². The molecule has 0 saturated carbocycles. The second-order valence-electron chi connectivity index (χ2n) is 6.44. The minimum absolute atomic E-state index is 0.00173. The standard InChI is InChI=1S/C21H23N3O3S/c1-15-13-17(16(2)28-15)19(25)7-8-21(26)23-18-5-3-4-6-20(18)27-12-11-24-10-9-22-14-24/h3-6,9-10,13-14H,7-8,11-12H2,1-2H3,(H,23,26). The summed E-state index contributed by atoms with van der Waals surface area (Å²) in [6.45, 7) is 5.03. The van der Waals surface area contributed by atoms with Gasteiger partial charge in [0.2, 0.25) is 5.91 Å². The van der Waals surface area contributed by atoms with Gasteiger partial charge in [0.1, 0.15) is 12.4 Å². The molecule has 0 spiro atoms. The molecule has 1 N–H and O–H groups in total. The first-order chi connectivity index (χ1) is 13.5. The Morgan fingerprint density at radius 2 is 2.04 bits per heavy atom. The highest BCUT2D eigenvalue weighted by atomic mass is 32.1. The van der Waals surface area contributed by atoms with Crippen LogP contribution in [0, 0.1) is 13.8 Å². The van der Waals surface area contributed by atoms with Gasteiger partial charge in [-0.05, 0) is 32.0 Å². The summed E-state index contributed by atoms with van der Waals surface area (Å²) in [7, 11) is 0. The Bertz CT molecular complexity index is 948. The maximum Gasteiger partial charge on any atom is 0.224 e. The molecule has 0 aliphatic carbocycles. The Morgan fingerprint density at radius 1 is 1.21 bits per heavy atom. The lowest BCUT2D eigenvalue weighted by Crippen LogP contribution is -2.15. The van der Waals surface area contributed by atoms with Crippen molar-refractivity contribution in [1.82, 2.24) is 9.55 Å². The van der Waals surface area contributed by atoms with Crippen LogP contribution < -0.4 is 10.1 Å². The quantitative estimate of drug-likeness (QED) is 0.548. The normalized spacial score (nSPS) is 10.6. The summed E-state index contributed by atoms with van der Waals surface area (Å²) in [5.41, 5.74) is 1.33. The third-order valence-corrected chi connectivity index (χ3v) is 5.21. The number of ketones is 1. The molecule has 0 bridgehead atoms. The lowest BCUT2D eigenvalue weighted by atomic mass is 10.1. The van der Waals surface area contributed by atoms with Crippen molar-refractivity contribution in [2.45, 2.75) is 33.2 Å². The number of thiophene rings is 1. The summed E-state index contributed by atoms with van der Waals surface area (Å²) in [5.74, 6) is 0.400. The van der Waals surface area contributed by atoms with E-state index in [4.69, 9.17) is 4.74 Å². The molecule has 7 heteroatoms. The highest BCUT2D eigenvalue weighted by Gasteiger charge is 2.14. The Morgan fingerprint density at radius 3 is 2.75 bits per heavy atom. The molecule has 1 aromatic carbocycles. The van der Waals surface area contributed by atoms with Gasteiger partial charge in [0.15, 0.2) is 5.78 Å². The predicted molar refractivity (Wildman–Crippen MR) is 110 cm³/mol. The van der Waals surface area contributed by atoms with Crippen LogP contribution in [0.2, 0.25) is 0 Å². The largest absolute Gasteiger partial charge is 0.490 e. The van der Waals surface area contributed by atoms with Crippen molar-refractivity contribution in [2.75, 3.05) is 11.9 Å². The van der Waals surface area contributed by atoms with Crippen LogP contribution in [0.3, 0.4) is 0 Å². The van der Waals surface area contributed by atoms with E-state index in [-0.39, 0.29) is 24.5 Å². The number of amides is 1. The van der Waals surface area contributed by atoms with Gasteiger partial charge in [-0.3, -0.25) is 9.59 Å². The van der Waals surface area contributed by atoms with E-state index in [2.05, 4.69) is 10.3 Å². The molecule has 6 nitrogen and oxygen atoms in total. The summed E-state index contributed by atoms with van der Waals surface area (Å²) in [6, 6.07) is 9.18. The van der Waals surface area contributed by atoms with Crippen LogP contribution in [0.25, 0.3) is 0 Å². The van der Waals surface area contributed by atoms with E-state index >= 15 is 0 Å². The van der Waals surface area contributed by atoms with E-state index in [9.17, 15) is 9.59 Å². The Hall–Kier alpha value is -2.93. The fraction of sp³-hybridized carbons (Fsp3) is 0.286. The van der Waals surface area contributed by atoms with Crippen LogP contribution >= 0.6 is 11.3 Å². The summed E-state index contributed by atoms with van der Waals surface area (Å²) < 4.78 is 7.71. The van der Waals surface area contributed by atoms with E-state index in [1.54, 1.807) is 29.9 Å². The number of ether oxygens (including phenoxy) is 1. The Kier molecular flexibility index (Phi) is 6.60. The first kappa shape index (κ1) is 19.8. The number of carbonyl (C=O) groups excluding carboxylic acids is 2. The minimum atomic E-state index is -0.205. The number of benzene rings is 1. The van der Waals surface area contributed by atoms with Crippen molar-refractivity contribution >= 4 is 28.7 Å². The molecule has 1 amide bonds. The molecule has 2 heterocycles. The number of anilines is 1. The molecule has 0 saturated heterocycles. The number of imidazole rings is 1. The van der Waals surface area contributed by atoms with Gasteiger partial charge < -0.3 is 14.6 Å². The number of aromatic nitrogens is 2. The summed E-state index contributed by atoms with van der Waals surface area (Å²) >= 11 is 1.60. The molecule has 146 valence electrons. The van der Waals surface area contributed by atoms with Crippen molar-refractivity contribution in [1.29, 1.82) is 0 Å². The zero-order chi connectivity index (χ0) is 19.9. The number of aryl methyl sites for hydroxylation is 2. The topological polar surface area (TPSA) is 73.2 Å². The van der Waals surface area contributed by atoms with Crippen molar-refractivity contribution < 1.29 is 14.3 Å². The molecular weight excluding hydrogens is 374 g/mol. The van der Waals surface area contributed by atoms with E-state index in [1.807, 2.05) is 48.9 Å². The first-order valence-electron chi connectivity index (χ1n) is 9.10. The molecule has 0 unspecified atom stereocenters. The zero-order valence-corrected chi connectivity index (χ0v) is 16.8. The zero-order valence-electron chi connectivity index (χ0n) is 16.0. The van der Waals surface area contributed by atoms with Gasteiger partial charge in [0, 0.05) is 40.6 Å². The van der Waals surface area contributed by atoms with Crippen LogP contribution in [0.15, 0.2) is 49.1 Å². The van der Waals surface area contributed by atoms with Gasteiger partial charge in [-0.25, -0.2) is 4.98 Å². The number of hydrogen-bond donors (Lipinski definition) is 1. The third-order valence-electron chi connectivity index (χ3n) is 4.25. The van der Waals surface area contributed by atoms with Crippen molar-refractivity contribution in [3.8, 4) is 5.75 Å². The summed E-state index contributed by atoms with van der Waals surface area (Å²) in [5, 5.41) is 2.85. The Balaban J connectivity index is 1.52. The molecule has 0 radical (unpaired) electrons. The average molecular weight is 398 g/mol. The van der Waals surface area contributed by atoms with Crippen molar-refractivity contribution in [3.63, 3.8) is 0 Å². The number of carbonyl (C=O) groups is 2. The van der Waals surface area contributed by atoms with Crippen molar-refractivity contribution in [3.05, 3.63) is 64.4 Å². The van der Waals surface area contributed by atoms with Gasteiger partial charge >= 0.3 is 0 Å². The lowest BCUT2D eigenvalue weighted by Gasteiger charge is -2.12. The monoisotopic (exact) mass is 397 g/mol. The van der Waals surface area contributed by atoms with Crippen LogP contribution in [-0.2, 0) is 11.3 Å². The number of para-hydroxylation sites is 2. The van der Waals surface area contributed by atoms with Crippen molar-refractivity contribution in [2.24, 2.45) is 0 Å². The average Bonchev–Trinajstić information content (AvgIpc) is 3.30. The van der Waals surface area contributed by atoms with Crippen LogP contribution in [0.5, 0.6) is 5.75 Å². The fourth-order valence-electron chi connectivity index (χ4n) is 2.86. The molecule has 0 fully saturated rings. The fourth-order valence-corrected chi connectivity index (χ4v) is 3.80.